The maximum absolute atomic E-state index is 12.2. The molecule has 0 unspecified atom stereocenters. The van der Waals surface area contributed by atoms with Gasteiger partial charge in [0.1, 0.15) is 6.61 Å². The van der Waals surface area contributed by atoms with Crippen molar-refractivity contribution in [2.75, 3.05) is 34.5 Å². The van der Waals surface area contributed by atoms with E-state index in [1.165, 1.54) is 25.3 Å². The predicted octanol–water partition coefficient (Wildman–Crippen LogP) is 1.56. The Morgan fingerprint density at radius 1 is 0.808 bits per heavy atom. The third kappa shape index (κ3) is 7.37. The standard InChI is InChI=1S/C17H24O9/c1-5-25-16(21)26-12-7-6-10-17(14(19)23-3,15(20)24-4)11-8-9-13(18)22-2/h6-9H,5,10-12H2,1-4H3/b7-6-,9-8+. The SMILES string of the molecule is CCOC(=O)OC/C=C\CC(C/C=C/C(=O)OC)(C(=O)OC)C(=O)OC. The maximum atomic E-state index is 12.2. The minimum atomic E-state index is -1.69. The molecule has 0 aliphatic heterocycles. The molecular weight excluding hydrogens is 348 g/mol. The Kier molecular flexibility index (Phi) is 11.1. The van der Waals surface area contributed by atoms with Gasteiger partial charge in [0, 0.05) is 6.08 Å². The van der Waals surface area contributed by atoms with Crippen LogP contribution in [0.1, 0.15) is 19.8 Å². The average molecular weight is 372 g/mol. The van der Waals surface area contributed by atoms with E-state index in [1.54, 1.807) is 6.92 Å². The van der Waals surface area contributed by atoms with Crippen molar-refractivity contribution in [2.24, 2.45) is 5.41 Å². The summed E-state index contributed by atoms with van der Waals surface area (Å²) in [6.07, 6.45) is 4.26. The number of methoxy groups -OCH3 is 3. The molecule has 9 nitrogen and oxygen atoms in total. The van der Waals surface area contributed by atoms with Gasteiger partial charge >= 0.3 is 24.1 Å². The Morgan fingerprint density at radius 2 is 1.38 bits per heavy atom. The van der Waals surface area contributed by atoms with Crippen molar-refractivity contribution in [3.63, 3.8) is 0 Å². The molecule has 0 bridgehead atoms. The number of carbonyl (C=O) groups is 4. The van der Waals surface area contributed by atoms with Crippen LogP contribution in [0, 0.1) is 5.41 Å². The second-order valence-electron chi connectivity index (χ2n) is 4.86. The molecule has 0 aromatic rings. The monoisotopic (exact) mass is 372 g/mol. The lowest BCUT2D eigenvalue weighted by Gasteiger charge is -2.25. The molecule has 0 heterocycles. The summed E-state index contributed by atoms with van der Waals surface area (Å²) in [5.74, 6) is -2.28. The van der Waals surface area contributed by atoms with Crippen LogP contribution in [0.4, 0.5) is 4.79 Å². The molecule has 9 heteroatoms. The third-order valence-electron chi connectivity index (χ3n) is 3.27. The first-order chi connectivity index (χ1) is 12.4. The zero-order chi connectivity index (χ0) is 20.0. The van der Waals surface area contributed by atoms with Crippen LogP contribution in [0.2, 0.25) is 0 Å². The normalized spacial score (nSPS) is 11.2. The number of ether oxygens (including phenoxy) is 5. The fourth-order valence-corrected chi connectivity index (χ4v) is 1.94. The first kappa shape index (κ1) is 23.2. The summed E-state index contributed by atoms with van der Waals surface area (Å²) in [4.78, 5) is 46.7. The van der Waals surface area contributed by atoms with Crippen molar-refractivity contribution in [1.29, 1.82) is 0 Å². The van der Waals surface area contributed by atoms with Gasteiger partial charge in [-0.3, -0.25) is 9.59 Å². The van der Waals surface area contributed by atoms with E-state index in [0.717, 1.165) is 20.3 Å². The van der Waals surface area contributed by atoms with Gasteiger partial charge in [-0.25, -0.2) is 9.59 Å². The summed E-state index contributed by atoms with van der Waals surface area (Å²) >= 11 is 0. The third-order valence-corrected chi connectivity index (χ3v) is 3.27. The van der Waals surface area contributed by atoms with E-state index >= 15 is 0 Å². The molecule has 0 spiro atoms. The zero-order valence-corrected chi connectivity index (χ0v) is 15.3. The van der Waals surface area contributed by atoms with Gasteiger partial charge in [-0.05, 0) is 19.8 Å². The lowest BCUT2D eigenvalue weighted by Crippen LogP contribution is -2.40. The van der Waals surface area contributed by atoms with E-state index in [4.69, 9.17) is 14.2 Å². The van der Waals surface area contributed by atoms with Crippen molar-refractivity contribution >= 4 is 24.1 Å². The number of esters is 3. The number of carbonyl (C=O) groups excluding carboxylic acids is 4. The summed E-state index contributed by atoms with van der Waals surface area (Å²) in [5.41, 5.74) is -1.69. The van der Waals surface area contributed by atoms with Crippen LogP contribution in [0.5, 0.6) is 0 Å². The van der Waals surface area contributed by atoms with Crippen molar-refractivity contribution < 1.29 is 42.9 Å². The van der Waals surface area contributed by atoms with Crippen LogP contribution in [0.15, 0.2) is 24.3 Å². The van der Waals surface area contributed by atoms with E-state index < -0.39 is 29.5 Å². The number of allylic oxidation sites excluding steroid dienone is 2. The first-order valence-corrected chi connectivity index (χ1v) is 7.73. The molecule has 0 rings (SSSR count). The Morgan fingerprint density at radius 3 is 1.88 bits per heavy atom. The molecular formula is C17H24O9. The number of hydrogen-bond donors (Lipinski definition) is 0. The van der Waals surface area contributed by atoms with Gasteiger partial charge in [0.25, 0.3) is 0 Å². The van der Waals surface area contributed by atoms with Crippen LogP contribution in [-0.4, -0.2) is 58.6 Å². The van der Waals surface area contributed by atoms with E-state index in [1.807, 2.05) is 0 Å². The average Bonchev–Trinajstić information content (AvgIpc) is 2.64. The lowest BCUT2D eigenvalue weighted by molar-refractivity contribution is -0.168. The number of hydrogen-bond acceptors (Lipinski definition) is 9. The van der Waals surface area contributed by atoms with Gasteiger partial charge in [0.15, 0.2) is 5.41 Å². The highest BCUT2D eigenvalue weighted by atomic mass is 16.7. The summed E-state index contributed by atoms with van der Waals surface area (Å²) in [6, 6.07) is 0. The molecule has 0 saturated heterocycles. The minimum absolute atomic E-state index is 0.0932. The Labute approximate surface area is 151 Å². The molecule has 0 aromatic carbocycles. The summed E-state index contributed by atoms with van der Waals surface area (Å²) in [6.45, 7) is 1.72. The molecule has 0 aliphatic carbocycles. The van der Waals surface area contributed by atoms with Gasteiger partial charge < -0.3 is 23.7 Å². The predicted molar refractivity (Wildman–Crippen MR) is 89.0 cm³/mol. The minimum Gasteiger partial charge on any atom is -0.468 e. The van der Waals surface area contributed by atoms with Gasteiger partial charge in [0.2, 0.25) is 0 Å². The molecule has 0 N–H and O–H groups in total. The van der Waals surface area contributed by atoms with Gasteiger partial charge in [0.05, 0.1) is 27.9 Å². The van der Waals surface area contributed by atoms with Crippen LogP contribution < -0.4 is 0 Å². The molecule has 0 amide bonds. The van der Waals surface area contributed by atoms with E-state index in [2.05, 4.69) is 9.47 Å². The molecule has 0 saturated carbocycles. The molecule has 0 radical (unpaired) electrons. The van der Waals surface area contributed by atoms with Crippen LogP contribution in [0.3, 0.4) is 0 Å². The van der Waals surface area contributed by atoms with Gasteiger partial charge in [-0.2, -0.15) is 0 Å². The smallest absolute Gasteiger partial charge is 0.468 e. The second-order valence-corrected chi connectivity index (χ2v) is 4.86. The second kappa shape index (κ2) is 12.5. The Balaban J connectivity index is 5.20. The van der Waals surface area contributed by atoms with Crippen LogP contribution >= 0.6 is 0 Å². The van der Waals surface area contributed by atoms with E-state index in [0.29, 0.717) is 0 Å². The largest absolute Gasteiger partial charge is 0.508 e. The lowest BCUT2D eigenvalue weighted by atomic mass is 9.80. The molecule has 0 fully saturated rings. The molecule has 0 aliphatic rings. The topological polar surface area (TPSA) is 114 Å². The summed E-state index contributed by atoms with van der Waals surface area (Å²) < 4.78 is 23.2. The highest BCUT2D eigenvalue weighted by molar-refractivity contribution is 6.00. The highest BCUT2D eigenvalue weighted by Crippen LogP contribution is 2.31. The number of rotatable bonds is 10. The fourth-order valence-electron chi connectivity index (χ4n) is 1.94. The van der Waals surface area contributed by atoms with Crippen molar-refractivity contribution in [1.82, 2.24) is 0 Å². The summed E-state index contributed by atoms with van der Waals surface area (Å²) in [5, 5.41) is 0. The molecule has 0 aromatic heterocycles. The molecule has 26 heavy (non-hydrogen) atoms. The Hall–Kier alpha value is -2.84. The van der Waals surface area contributed by atoms with E-state index in [-0.39, 0.29) is 26.1 Å². The van der Waals surface area contributed by atoms with Gasteiger partial charge in [-0.1, -0.05) is 18.2 Å². The highest BCUT2D eigenvalue weighted by Gasteiger charge is 2.46. The first-order valence-electron chi connectivity index (χ1n) is 7.73. The van der Waals surface area contributed by atoms with Crippen molar-refractivity contribution in [3.05, 3.63) is 24.3 Å². The van der Waals surface area contributed by atoms with Gasteiger partial charge in [-0.15, -0.1) is 0 Å². The molecule has 0 atom stereocenters. The summed E-state index contributed by atoms with van der Waals surface area (Å²) in [7, 11) is 3.47. The fraction of sp³-hybridized carbons (Fsp3) is 0.529. The zero-order valence-electron chi connectivity index (χ0n) is 15.3. The van der Waals surface area contributed by atoms with E-state index in [9.17, 15) is 19.2 Å². The van der Waals surface area contributed by atoms with Crippen molar-refractivity contribution in [2.45, 2.75) is 19.8 Å². The maximum Gasteiger partial charge on any atom is 0.508 e. The Bertz CT molecular complexity index is 532. The van der Waals surface area contributed by atoms with Crippen LogP contribution in [-0.2, 0) is 38.1 Å². The molecule has 146 valence electrons. The van der Waals surface area contributed by atoms with Crippen LogP contribution in [0.25, 0.3) is 0 Å². The van der Waals surface area contributed by atoms with Crippen molar-refractivity contribution in [3.8, 4) is 0 Å². The quantitative estimate of drug-likeness (QED) is 0.185.